The number of benzene rings is 2. The van der Waals surface area contributed by atoms with E-state index in [1.807, 2.05) is 42.5 Å². The van der Waals surface area contributed by atoms with E-state index < -0.39 is 0 Å². The number of para-hydroxylation sites is 2. The molecular weight excluding hydrogens is 438 g/mol. The van der Waals surface area contributed by atoms with E-state index in [1.165, 1.54) is 38.5 Å². The SMILES string of the molecule is COc1ccc(OCc2nc3ccccc3n2CC(=O)N(C2CCCCC2)C2CCCCC2)cc1. The standard InChI is InChI=1S/C29H37N3O3/c1-34-24-16-18-25(19-17-24)35-21-28-30-26-14-8-9-15-27(26)31(28)20-29(33)32(22-10-4-2-5-11-22)23-12-6-3-7-13-23/h8-9,14-19,22-23H,2-7,10-13,20-21H2,1H3. The Balaban J connectivity index is 1.39. The number of fused-ring (bicyclic) bond motifs is 1. The van der Waals surface area contributed by atoms with Gasteiger partial charge in [-0.2, -0.15) is 0 Å². The van der Waals surface area contributed by atoms with Crippen molar-refractivity contribution in [1.82, 2.24) is 14.5 Å². The number of hydrogen-bond donors (Lipinski definition) is 0. The summed E-state index contributed by atoms with van der Waals surface area (Å²) in [5.74, 6) is 2.56. The molecule has 5 rings (SSSR count). The molecule has 0 spiro atoms. The molecule has 1 heterocycles. The molecule has 2 aliphatic carbocycles. The summed E-state index contributed by atoms with van der Waals surface area (Å²) in [5.41, 5.74) is 1.89. The van der Waals surface area contributed by atoms with Crippen molar-refractivity contribution in [2.45, 2.75) is 89.4 Å². The fourth-order valence-electron chi connectivity index (χ4n) is 5.87. The molecule has 3 aromatic rings. The molecule has 2 aromatic carbocycles. The minimum absolute atomic E-state index is 0.234. The van der Waals surface area contributed by atoms with Gasteiger partial charge in [0.1, 0.15) is 30.5 Å². The smallest absolute Gasteiger partial charge is 0.243 e. The topological polar surface area (TPSA) is 56.6 Å². The third-order valence-electron chi connectivity index (χ3n) is 7.68. The summed E-state index contributed by atoms with van der Waals surface area (Å²) in [7, 11) is 1.65. The third-order valence-corrected chi connectivity index (χ3v) is 7.68. The second-order valence-corrected chi connectivity index (χ2v) is 9.95. The maximum Gasteiger partial charge on any atom is 0.243 e. The Hall–Kier alpha value is -3.02. The molecule has 2 fully saturated rings. The maximum atomic E-state index is 14.0. The monoisotopic (exact) mass is 475 g/mol. The van der Waals surface area contributed by atoms with Crippen molar-refractivity contribution in [3.63, 3.8) is 0 Å². The van der Waals surface area contributed by atoms with Crippen LogP contribution in [0.1, 0.15) is 70.0 Å². The predicted octanol–water partition coefficient (Wildman–Crippen LogP) is 6.12. The predicted molar refractivity (Wildman–Crippen MR) is 138 cm³/mol. The van der Waals surface area contributed by atoms with Gasteiger partial charge in [-0.3, -0.25) is 4.79 Å². The van der Waals surface area contributed by atoms with Gasteiger partial charge in [-0.25, -0.2) is 4.98 Å². The Morgan fingerprint density at radius 3 is 2.11 bits per heavy atom. The normalized spacial score (nSPS) is 17.4. The summed E-state index contributed by atoms with van der Waals surface area (Å²) in [4.78, 5) is 21.1. The number of nitrogens with zero attached hydrogens (tertiary/aromatic N) is 3. The van der Waals surface area contributed by atoms with Gasteiger partial charge < -0.3 is 18.9 Å². The van der Waals surface area contributed by atoms with E-state index in [0.717, 1.165) is 54.0 Å². The first-order valence-corrected chi connectivity index (χ1v) is 13.2. The van der Waals surface area contributed by atoms with Crippen LogP contribution in [0, 0.1) is 0 Å². The first-order valence-electron chi connectivity index (χ1n) is 13.2. The zero-order chi connectivity index (χ0) is 24.0. The average molecular weight is 476 g/mol. The number of imidazole rings is 1. The van der Waals surface area contributed by atoms with Gasteiger partial charge in [0.15, 0.2) is 0 Å². The summed E-state index contributed by atoms with van der Waals surface area (Å²) >= 11 is 0. The summed E-state index contributed by atoms with van der Waals surface area (Å²) in [6.45, 7) is 0.621. The molecule has 2 aliphatic rings. The molecule has 1 amide bonds. The fraction of sp³-hybridized carbons (Fsp3) is 0.517. The first-order chi connectivity index (χ1) is 17.2. The van der Waals surface area contributed by atoms with Crippen molar-refractivity contribution in [3.05, 3.63) is 54.4 Å². The van der Waals surface area contributed by atoms with E-state index >= 15 is 0 Å². The number of carbonyl (C=O) groups is 1. The zero-order valence-electron chi connectivity index (χ0n) is 20.8. The van der Waals surface area contributed by atoms with Gasteiger partial charge >= 0.3 is 0 Å². The molecule has 0 saturated heterocycles. The minimum Gasteiger partial charge on any atom is -0.497 e. The van der Waals surface area contributed by atoms with E-state index in [2.05, 4.69) is 15.5 Å². The van der Waals surface area contributed by atoms with Gasteiger partial charge in [-0.1, -0.05) is 50.7 Å². The van der Waals surface area contributed by atoms with Crippen molar-refractivity contribution in [2.24, 2.45) is 0 Å². The molecule has 186 valence electrons. The van der Waals surface area contributed by atoms with Gasteiger partial charge in [0.25, 0.3) is 0 Å². The van der Waals surface area contributed by atoms with Crippen LogP contribution in [0.5, 0.6) is 11.5 Å². The third kappa shape index (κ3) is 5.47. The van der Waals surface area contributed by atoms with E-state index in [0.29, 0.717) is 25.2 Å². The highest BCUT2D eigenvalue weighted by molar-refractivity contribution is 5.81. The van der Waals surface area contributed by atoms with Crippen molar-refractivity contribution in [2.75, 3.05) is 7.11 Å². The number of carbonyl (C=O) groups excluding carboxylic acids is 1. The van der Waals surface area contributed by atoms with E-state index in [9.17, 15) is 4.79 Å². The van der Waals surface area contributed by atoms with Crippen LogP contribution in [0.4, 0.5) is 0 Å². The summed E-state index contributed by atoms with van der Waals surface area (Å²) < 4.78 is 13.4. The van der Waals surface area contributed by atoms with Crippen LogP contribution >= 0.6 is 0 Å². The molecule has 2 saturated carbocycles. The van der Waals surface area contributed by atoms with E-state index in [1.54, 1.807) is 7.11 Å². The summed E-state index contributed by atoms with van der Waals surface area (Å²) in [6.07, 6.45) is 12.1. The average Bonchev–Trinajstić information content (AvgIpc) is 3.26. The number of rotatable bonds is 8. The lowest BCUT2D eigenvalue weighted by molar-refractivity contribution is -0.138. The molecular formula is C29H37N3O3. The number of amides is 1. The molecule has 0 atom stereocenters. The van der Waals surface area contributed by atoms with Gasteiger partial charge in [-0.05, 0) is 62.1 Å². The van der Waals surface area contributed by atoms with Crippen molar-refractivity contribution >= 4 is 16.9 Å². The van der Waals surface area contributed by atoms with E-state index in [-0.39, 0.29) is 5.91 Å². The van der Waals surface area contributed by atoms with Crippen LogP contribution in [-0.2, 0) is 17.9 Å². The summed E-state index contributed by atoms with van der Waals surface area (Å²) in [6, 6.07) is 16.4. The highest BCUT2D eigenvalue weighted by Gasteiger charge is 2.33. The second kappa shape index (κ2) is 11.1. The molecule has 0 N–H and O–H groups in total. The molecule has 1 aromatic heterocycles. The van der Waals surface area contributed by atoms with Crippen LogP contribution in [0.3, 0.4) is 0 Å². The van der Waals surface area contributed by atoms with Crippen LogP contribution < -0.4 is 9.47 Å². The quantitative estimate of drug-likeness (QED) is 0.394. The summed E-state index contributed by atoms with van der Waals surface area (Å²) in [5, 5.41) is 0. The minimum atomic E-state index is 0.234. The van der Waals surface area contributed by atoms with Crippen molar-refractivity contribution in [3.8, 4) is 11.5 Å². The number of aromatic nitrogens is 2. The molecule has 6 heteroatoms. The van der Waals surface area contributed by atoms with Crippen LogP contribution in [0.25, 0.3) is 11.0 Å². The Morgan fingerprint density at radius 1 is 0.886 bits per heavy atom. The van der Waals surface area contributed by atoms with Gasteiger partial charge in [0, 0.05) is 12.1 Å². The largest absolute Gasteiger partial charge is 0.497 e. The molecule has 0 bridgehead atoms. The number of hydrogen-bond acceptors (Lipinski definition) is 4. The van der Waals surface area contributed by atoms with Gasteiger partial charge in [0.05, 0.1) is 18.1 Å². The highest BCUT2D eigenvalue weighted by atomic mass is 16.5. The Labute approximate surface area is 208 Å². The Bertz CT molecular complexity index is 1090. The van der Waals surface area contributed by atoms with Crippen molar-refractivity contribution < 1.29 is 14.3 Å². The first kappa shape index (κ1) is 23.7. The number of methoxy groups -OCH3 is 1. The van der Waals surface area contributed by atoms with Crippen LogP contribution in [-0.4, -0.2) is 39.6 Å². The van der Waals surface area contributed by atoms with E-state index in [4.69, 9.17) is 14.5 Å². The Morgan fingerprint density at radius 2 is 1.49 bits per heavy atom. The Kier molecular flexibility index (Phi) is 7.55. The highest BCUT2D eigenvalue weighted by Crippen LogP contribution is 2.31. The zero-order valence-corrected chi connectivity index (χ0v) is 20.8. The van der Waals surface area contributed by atoms with Crippen LogP contribution in [0.15, 0.2) is 48.5 Å². The maximum absolute atomic E-state index is 14.0. The lowest BCUT2D eigenvalue weighted by Gasteiger charge is -2.42. The van der Waals surface area contributed by atoms with Crippen LogP contribution in [0.2, 0.25) is 0 Å². The molecule has 0 unspecified atom stereocenters. The molecule has 6 nitrogen and oxygen atoms in total. The fourth-order valence-corrected chi connectivity index (χ4v) is 5.87. The molecule has 0 aliphatic heterocycles. The van der Waals surface area contributed by atoms with Gasteiger partial charge in [-0.15, -0.1) is 0 Å². The molecule has 35 heavy (non-hydrogen) atoms. The van der Waals surface area contributed by atoms with Gasteiger partial charge in [0.2, 0.25) is 5.91 Å². The van der Waals surface area contributed by atoms with Crippen molar-refractivity contribution in [1.29, 1.82) is 0 Å². The number of ether oxygens (including phenoxy) is 2. The lowest BCUT2D eigenvalue weighted by Crippen LogP contribution is -2.50. The molecule has 0 radical (unpaired) electrons. The lowest BCUT2D eigenvalue weighted by atomic mass is 9.88. The second-order valence-electron chi connectivity index (χ2n) is 9.95.